The standard InChI is InChI=1S/C30H23ClFN3O4S/c1-3-24(27(36)34-30-33-23(16-40-30)17-10-14-20(32)15-11-17)39-29(38)26-25(18-8-12-19(31)13-9-18)21-6-4-5-7-22(21)28(37)35(26)2/h4-16,24H,3H2,1-2H3,(H,33,34,36). The van der Waals surface area contributed by atoms with Gasteiger partial charge in [0.05, 0.1) is 5.69 Å². The summed E-state index contributed by atoms with van der Waals surface area (Å²) in [5.41, 5.74) is 2.09. The summed E-state index contributed by atoms with van der Waals surface area (Å²) < 4.78 is 20.2. The van der Waals surface area contributed by atoms with Crippen LogP contribution in [0.15, 0.2) is 83.0 Å². The van der Waals surface area contributed by atoms with E-state index in [9.17, 15) is 18.8 Å². The Morgan fingerprint density at radius 3 is 2.35 bits per heavy atom. The first-order valence-electron chi connectivity index (χ1n) is 12.4. The van der Waals surface area contributed by atoms with Gasteiger partial charge in [-0.3, -0.25) is 14.9 Å². The number of anilines is 1. The van der Waals surface area contributed by atoms with Crippen LogP contribution in [0, 0.1) is 5.82 Å². The Morgan fingerprint density at radius 2 is 1.68 bits per heavy atom. The summed E-state index contributed by atoms with van der Waals surface area (Å²) in [7, 11) is 1.50. The van der Waals surface area contributed by atoms with Crippen molar-refractivity contribution in [3.8, 4) is 22.4 Å². The van der Waals surface area contributed by atoms with Crippen LogP contribution in [0.3, 0.4) is 0 Å². The van der Waals surface area contributed by atoms with E-state index in [0.717, 1.165) is 0 Å². The molecule has 0 spiro atoms. The lowest BCUT2D eigenvalue weighted by molar-refractivity contribution is -0.124. The number of carbonyl (C=O) groups excluding carboxylic acids is 2. The number of aromatic nitrogens is 2. The minimum absolute atomic E-state index is 0.0186. The van der Waals surface area contributed by atoms with E-state index >= 15 is 0 Å². The lowest BCUT2D eigenvalue weighted by Gasteiger charge is -2.20. The van der Waals surface area contributed by atoms with Crippen LogP contribution in [0.5, 0.6) is 0 Å². The highest BCUT2D eigenvalue weighted by molar-refractivity contribution is 7.14. The third kappa shape index (κ3) is 5.38. The third-order valence-corrected chi connectivity index (χ3v) is 7.43. The molecule has 1 amide bonds. The van der Waals surface area contributed by atoms with Crippen molar-refractivity contribution >= 4 is 50.7 Å². The molecule has 10 heteroatoms. The zero-order valence-electron chi connectivity index (χ0n) is 21.5. The number of amides is 1. The predicted molar refractivity (Wildman–Crippen MR) is 155 cm³/mol. The van der Waals surface area contributed by atoms with E-state index in [-0.39, 0.29) is 23.5 Å². The third-order valence-electron chi connectivity index (χ3n) is 6.42. The van der Waals surface area contributed by atoms with Crippen molar-refractivity contribution in [1.29, 1.82) is 0 Å². The van der Waals surface area contributed by atoms with Gasteiger partial charge in [-0.1, -0.05) is 48.9 Å². The summed E-state index contributed by atoms with van der Waals surface area (Å²) >= 11 is 7.29. The fraction of sp³-hybridized carbons (Fsp3) is 0.133. The highest BCUT2D eigenvalue weighted by atomic mass is 35.5. The molecule has 1 unspecified atom stereocenters. The van der Waals surface area contributed by atoms with Crippen LogP contribution in [-0.2, 0) is 16.6 Å². The van der Waals surface area contributed by atoms with Crippen LogP contribution < -0.4 is 10.9 Å². The van der Waals surface area contributed by atoms with Crippen LogP contribution in [0.4, 0.5) is 9.52 Å². The number of esters is 1. The van der Waals surface area contributed by atoms with Crippen LogP contribution in [0.2, 0.25) is 5.02 Å². The zero-order chi connectivity index (χ0) is 28.4. The SMILES string of the molecule is CCC(OC(=O)c1c(-c2ccc(Cl)cc2)c2ccccc2c(=O)n1C)C(=O)Nc1nc(-c2ccc(F)cc2)cs1. The van der Waals surface area contributed by atoms with E-state index in [4.69, 9.17) is 16.3 Å². The highest BCUT2D eigenvalue weighted by Gasteiger charge is 2.28. The van der Waals surface area contributed by atoms with Crippen molar-refractivity contribution < 1.29 is 18.7 Å². The summed E-state index contributed by atoms with van der Waals surface area (Å²) in [6.07, 6.45) is -0.962. The van der Waals surface area contributed by atoms with Crippen LogP contribution >= 0.6 is 22.9 Å². The number of fused-ring (bicyclic) bond motifs is 1. The number of benzene rings is 3. The molecule has 2 heterocycles. The Balaban J connectivity index is 1.45. The van der Waals surface area contributed by atoms with E-state index in [1.807, 2.05) is 0 Å². The van der Waals surface area contributed by atoms with Crippen molar-refractivity contribution in [3.63, 3.8) is 0 Å². The van der Waals surface area contributed by atoms with E-state index in [0.29, 0.717) is 43.3 Å². The number of nitrogens with one attached hydrogen (secondary N) is 1. The molecule has 2 aromatic heterocycles. The van der Waals surface area contributed by atoms with Crippen molar-refractivity contribution in [1.82, 2.24) is 9.55 Å². The highest BCUT2D eigenvalue weighted by Crippen LogP contribution is 2.32. The molecule has 1 atom stereocenters. The smallest absolute Gasteiger partial charge is 0.356 e. The van der Waals surface area contributed by atoms with Gasteiger partial charge < -0.3 is 9.30 Å². The first-order chi connectivity index (χ1) is 19.3. The monoisotopic (exact) mass is 575 g/mol. The molecule has 7 nitrogen and oxygen atoms in total. The molecule has 3 aromatic carbocycles. The average molecular weight is 576 g/mol. The van der Waals surface area contributed by atoms with Crippen LogP contribution in [0.1, 0.15) is 23.8 Å². The van der Waals surface area contributed by atoms with Crippen molar-refractivity contribution in [2.24, 2.45) is 7.05 Å². The molecule has 0 saturated carbocycles. The average Bonchev–Trinajstić information content (AvgIpc) is 3.42. The van der Waals surface area contributed by atoms with Crippen LogP contribution in [0.25, 0.3) is 33.2 Å². The topological polar surface area (TPSA) is 90.3 Å². The number of halogens is 2. The summed E-state index contributed by atoms with van der Waals surface area (Å²) in [5, 5.41) is 6.27. The molecule has 202 valence electrons. The van der Waals surface area contributed by atoms with Gasteiger partial charge in [0.2, 0.25) is 0 Å². The number of ether oxygens (including phenoxy) is 1. The maximum Gasteiger partial charge on any atom is 0.356 e. The maximum atomic E-state index is 13.6. The number of pyridine rings is 1. The van der Waals surface area contributed by atoms with Gasteiger partial charge >= 0.3 is 5.97 Å². The summed E-state index contributed by atoms with van der Waals surface area (Å²) in [6.45, 7) is 1.71. The fourth-order valence-corrected chi connectivity index (χ4v) is 5.24. The predicted octanol–water partition coefficient (Wildman–Crippen LogP) is 6.70. The minimum atomic E-state index is -1.15. The van der Waals surface area contributed by atoms with Gasteiger partial charge in [-0.15, -0.1) is 11.3 Å². The number of rotatable bonds is 7. The molecular formula is C30H23ClFN3O4S. The largest absolute Gasteiger partial charge is 0.448 e. The van der Waals surface area contributed by atoms with E-state index in [2.05, 4.69) is 10.3 Å². The van der Waals surface area contributed by atoms with Crippen molar-refractivity contribution in [2.75, 3.05) is 5.32 Å². The Kier molecular flexibility index (Phi) is 7.77. The molecule has 0 radical (unpaired) electrons. The molecule has 0 aliphatic carbocycles. The van der Waals surface area contributed by atoms with Crippen LogP contribution in [-0.4, -0.2) is 27.5 Å². The molecule has 1 N–H and O–H groups in total. The molecule has 0 bridgehead atoms. The molecule has 0 saturated heterocycles. The van der Waals surface area contributed by atoms with Gasteiger partial charge in [-0.25, -0.2) is 14.2 Å². The lowest BCUT2D eigenvalue weighted by Crippen LogP contribution is -2.34. The Labute approximate surface area is 237 Å². The molecule has 5 rings (SSSR count). The van der Waals surface area contributed by atoms with E-state index in [1.165, 1.54) is 35.1 Å². The Morgan fingerprint density at radius 1 is 1.02 bits per heavy atom. The van der Waals surface area contributed by atoms with Crippen molar-refractivity contribution in [2.45, 2.75) is 19.4 Å². The van der Waals surface area contributed by atoms with Gasteiger partial charge in [-0.2, -0.15) is 0 Å². The second-order valence-electron chi connectivity index (χ2n) is 8.98. The Bertz CT molecular complexity index is 1780. The minimum Gasteiger partial charge on any atom is -0.448 e. The quantitative estimate of drug-likeness (QED) is 0.218. The summed E-state index contributed by atoms with van der Waals surface area (Å²) in [5.74, 6) is -1.73. The van der Waals surface area contributed by atoms with E-state index < -0.39 is 18.0 Å². The maximum absolute atomic E-state index is 13.6. The molecule has 40 heavy (non-hydrogen) atoms. The number of hydrogen-bond donors (Lipinski definition) is 1. The number of hydrogen-bond acceptors (Lipinski definition) is 6. The molecule has 0 fully saturated rings. The lowest BCUT2D eigenvalue weighted by atomic mass is 9.96. The Hall–Kier alpha value is -4.34. The molecule has 0 aliphatic rings. The fourth-order valence-electron chi connectivity index (χ4n) is 4.39. The van der Waals surface area contributed by atoms with Crippen molar-refractivity contribution in [3.05, 3.63) is 105 Å². The molecule has 0 aliphatic heterocycles. The number of nitrogens with zero attached hydrogens (tertiary/aromatic N) is 2. The van der Waals surface area contributed by atoms with Gasteiger partial charge in [0.1, 0.15) is 11.5 Å². The first-order valence-corrected chi connectivity index (χ1v) is 13.6. The first kappa shape index (κ1) is 27.2. The van der Waals surface area contributed by atoms with Gasteiger partial charge in [-0.05, 0) is 59.8 Å². The van der Waals surface area contributed by atoms with E-state index in [1.54, 1.807) is 73.0 Å². The van der Waals surface area contributed by atoms with Gasteiger partial charge in [0.25, 0.3) is 11.5 Å². The van der Waals surface area contributed by atoms with Gasteiger partial charge in [0, 0.05) is 34.0 Å². The van der Waals surface area contributed by atoms with Gasteiger partial charge in [0.15, 0.2) is 11.2 Å². The normalized spacial score (nSPS) is 11.8. The molecule has 5 aromatic rings. The summed E-state index contributed by atoms with van der Waals surface area (Å²) in [6, 6.07) is 19.8. The number of thiazole rings is 1. The second-order valence-corrected chi connectivity index (χ2v) is 10.3. The number of carbonyl (C=O) groups is 2. The summed E-state index contributed by atoms with van der Waals surface area (Å²) in [4.78, 5) is 44.3. The zero-order valence-corrected chi connectivity index (χ0v) is 23.1. The molecular weight excluding hydrogens is 553 g/mol. The second kappa shape index (κ2) is 11.4.